The van der Waals surface area contributed by atoms with E-state index in [1.807, 2.05) is 0 Å². The quantitative estimate of drug-likeness (QED) is 0.903. The van der Waals surface area contributed by atoms with Crippen LogP contribution in [0.5, 0.6) is 0 Å². The summed E-state index contributed by atoms with van der Waals surface area (Å²) < 4.78 is 0. The van der Waals surface area contributed by atoms with E-state index in [0.29, 0.717) is 12.1 Å². The van der Waals surface area contributed by atoms with Crippen LogP contribution >= 0.6 is 0 Å². The molecule has 4 unspecified atom stereocenters. The van der Waals surface area contributed by atoms with Gasteiger partial charge in [0.05, 0.1) is 0 Å². The highest BCUT2D eigenvalue weighted by Gasteiger charge is 2.38. The smallest absolute Gasteiger partial charge is 0.0473 e. The first-order chi connectivity index (χ1) is 10.2. The molecule has 2 heteroatoms. The molecule has 4 atom stereocenters. The minimum Gasteiger partial charge on any atom is -0.312 e. The highest BCUT2D eigenvalue weighted by Crippen LogP contribution is 2.39. The van der Waals surface area contributed by atoms with Crippen molar-refractivity contribution in [1.29, 1.82) is 0 Å². The standard InChI is InChI=1S/C19H30N2/c1-14-9-11-17(12-10-14)19(20-3)15(2)21-13-5-7-16-6-4-8-18(16)21/h9-12,15-16,18-20H,4-8,13H2,1-3H3. The lowest BCUT2D eigenvalue weighted by molar-refractivity contribution is 0.0579. The number of piperidine rings is 1. The van der Waals surface area contributed by atoms with E-state index in [1.54, 1.807) is 0 Å². The van der Waals surface area contributed by atoms with Gasteiger partial charge < -0.3 is 5.32 Å². The Hall–Kier alpha value is -0.860. The van der Waals surface area contributed by atoms with Gasteiger partial charge in [0, 0.05) is 18.1 Å². The SMILES string of the molecule is CNC(c1ccc(C)cc1)C(C)N1CCCC2CCCC21. The molecule has 1 aliphatic heterocycles. The van der Waals surface area contributed by atoms with Crippen LogP contribution in [-0.4, -0.2) is 30.6 Å². The second-order valence-corrected chi connectivity index (χ2v) is 7.06. The van der Waals surface area contributed by atoms with Crippen LogP contribution in [0.3, 0.4) is 0 Å². The average molecular weight is 286 g/mol. The number of likely N-dealkylation sites (tertiary alicyclic amines) is 1. The van der Waals surface area contributed by atoms with Gasteiger partial charge in [0.15, 0.2) is 0 Å². The summed E-state index contributed by atoms with van der Waals surface area (Å²) >= 11 is 0. The van der Waals surface area contributed by atoms with Gasteiger partial charge in [-0.25, -0.2) is 0 Å². The Labute approximate surface area is 129 Å². The van der Waals surface area contributed by atoms with Crippen LogP contribution in [0.2, 0.25) is 0 Å². The third-order valence-corrected chi connectivity index (χ3v) is 5.79. The molecule has 1 saturated heterocycles. The van der Waals surface area contributed by atoms with Crippen molar-refractivity contribution < 1.29 is 0 Å². The van der Waals surface area contributed by atoms with Gasteiger partial charge in [-0.2, -0.15) is 0 Å². The fourth-order valence-electron chi connectivity index (χ4n) is 4.65. The molecule has 116 valence electrons. The van der Waals surface area contributed by atoms with Gasteiger partial charge >= 0.3 is 0 Å². The summed E-state index contributed by atoms with van der Waals surface area (Å²) in [7, 11) is 2.11. The lowest BCUT2D eigenvalue weighted by Crippen LogP contribution is -2.51. The van der Waals surface area contributed by atoms with Crippen molar-refractivity contribution in [2.45, 2.75) is 64.1 Å². The maximum absolute atomic E-state index is 3.57. The van der Waals surface area contributed by atoms with Crippen molar-refractivity contribution in [1.82, 2.24) is 10.2 Å². The number of aryl methyl sites for hydroxylation is 1. The summed E-state index contributed by atoms with van der Waals surface area (Å²) in [5, 5.41) is 3.57. The van der Waals surface area contributed by atoms with E-state index < -0.39 is 0 Å². The number of likely N-dealkylation sites (N-methyl/N-ethyl adjacent to an activating group) is 1. The molecular weight excluding hydrogens is 256 g/mol. The molecule has 1 aliphatic carbocycles. The zero-order valence-corrected chi connectivity index (χ0v) is 13.8. The molecule has 1 aromatic rings. The maximum atomic E-state index is 3.57. The van der Waals surface area contributed by atoms with Gasteiger partial charge in [-0.05, 0) is 64.6 Å². The topological polar surface area (TPSA) is 15.3 Å². The monoisotopic (exact) mass is 286 g/mol. The van der Waals surface area contributed by atoms with E-state index in [-0.39, 0.29) is 0 Å². The first-order valence-corrected chi connectivity index (χ1v) is 8.70. The average Bonchev–Trinajstić information content (AvgIpc) is 2.98. The lowest BCUT2D eigenvalue weighted by Gasteiger charge is -2.44. The fourth-order valence-corrected chi connectivity index (χ4v) is 4.65. The van der Waals surface area contributed by atoms with Gasteiger partial charge in [0.1, 0.15) is 0 Å². The Kier molecular flexibility index (Phi) is 4.66. The van der Waals surface area contributed by atoms with E-state index in [9.17, 15) is 0 Å². The van der Waals surface area contributed by atoms with Crippen molar-refractivity contribution in [2.24, 2.45) is 5.92 Å². The summed E-state index contributed by atoms with van der Waals surface area (Å²) in [5.41, 5.74) is 2.77. The number of nitrogens with zero attached hydrogens (tertiary/aromatic N) is 1. The van der Waals surface area contributed by atoms with E-state index in [4.69, 9.17) is 0 Å². The van der Waals surface area contributed by atoms with Crippen LogP contribution in [0, 0.1) is 12.8 Å². The molecule has 0 amide bonds. The second-order valence-electron chi connectivity index (χ2n) is 7.06. The highest BCUT2D eigenvalue weighted by atomic mass is 15.2. The Balaban J connectivity index is 1.78. The van der Waals surface area contributed by atoms with Crippen LogP contribution in [0.1, 0.15) is 56.2 Å². The summed E-state index contributed by atoms with van der Waals surface area (Å²) in [6.45, 7) is 5.86. The van der Waals surface area contributed by atoms with Gasteiger partial charge in [-0.15, -0.1) is 0 Å². The molecule has 1 N–H and O–H groups in total. The summed E-state index contributed by atoms with van der Waals surface area (Å²) in [4.78, 5) is 2.81. The molecule has 2 nitrogen and oxygen atoms in total. The number of hydrogen-bond acceptors (Lipinski definition) is 2. The third kappa shape index (κ3) is 3.02. The molecule has 1 aromatic carbocycles. The van der Waals surface area contributed by atoms with E-state index in [1.165, 1.54) is 49.8 Å². The Morgan fingerprint density at radius 1 is 1.10 bits per heavy atom. The molecular formula is C19H30N2. The molecule has 1 heterocycles. The van der Waals surface area contributed by atoms with Crippen molar-refractivity contribution in [3.05, 3.63) is 35.4 Å². The van der Waals surface area contributed by atoms with E-state index in [2.05, 4.69) is 55.4 Å². The normalized spacial score (nSPS) is 29.1. The minimum atomic E-state index is 0.435. The van der Waals surface area contributed by atoms with Gasteiger partial charge in [-0.1, -0.05) is 36.2 Å². The number of fused-ring (bicyclic) bond motifs is 1. The fraction of sp³-hybridized carbons (Fsp3) is 0.684. The molecule has 1 saturated carbocycles. The minimum absolute atomic E-state index is 0.435. The number of hydrogen-bond donors (Lipinski definition) is 1. The summed E-state index contributed by atoms with van der Waals surface area (Å²) in [5.74, 6) is 0.969. The number of nitrogens with one attached hydrogen (secondary N) is 1. The van der Waals surface area contributed by atoms with Crippen LogP contribution in [0.25, 0.3) is 0 Å². The van der Waals surface area contributed by atoms with Crippen molar-refractivity contribution in [3.63, 3.8) is 0 Å². The highest BCUT2D eigenvalue weighted by molar-refractivity contribution is 5.25. The molecule has 0 radical (unpaired) electrons. The lowest BCUT2D eigenvalue weighted by atomic mass is 9.88. The Morgan fingerprint density at radius 2 is 1.81 bits per heavy atom. The first-order valence-electron chi connectivity index (χ1n) is 8.70. The summed E-state index contributed by atoms with van der Waals surface area (Å²) in [6.07, 6.45) is 7.16. The van der Waals surface area contributed by atoms with Crippen molar-refractivity contribution in [2.75, 3.05) is 13.6 Å². The largest absolute Gasteiger partial charge is 0.312 e. The Morgan fingerprint density at radius 3 is 2.52 bits per heavy atom. The van der Waals surface area contributed by atoms with Crippen LogP contribution < -0.4 is 5.32 Å². The van der Waals surface area contributed by atoms with E-state index >= 15 is 0 Å². The second kappa shape index (κ2) is 6.50. The summed E-state index contributed by atoms with van der Waals surface area (Å²) in [6, 6.07) is 10.9. The number of benzene rings is 1. The van der Waals surface area contributed by atoms with Gasteiger partial charge in [-0.3, -0.25) is 4.90 Å². The van der Waals surface area contributed by atoms with E-state index in [0.717, 1.165) is 12.0 Å². The van der Waals surface area contributed by atoms with Gasteiger partial charge in [0.2, 0.25) is 0 Å². The predicted octanol–water partition coefficient (Wildman–Crippen LogP) is 3.91. The molecule has 0 bridgehead atoms. The maximum Gasteiger partial charge on any atom is 0.0473 e. The number of rotatable bonds is 4. The van der Waals surface area contributed by atoms with Gasteiger partial charge in [0.25, 0.3) is 0 Å². The van der Waals surface area contributed by atoms with Crippen LogP contribution in [0.15, 0.2) is 24.3 Å². The molecule has 0 aromatic heterocycles. The van der Waals surface area contributed by atoms with Crippen LogP contribution in [-0.2, 0) is 0 Å². The third-order valence-electron chi connectivity index (χ3n) is 5.79. The van der Waals surface area contributed by atoms with Crippen molar-refractivity contribution in [3.8, 4) is 0 Å². The molecule has 0 spiro atoms. The predicted molar refractivity (Wildman–Crippen MR) is 89.5 cm³/mol. The zero-order chi connectivity index (χ0) is 14.8. The first kappa shape index (κ1) is 15.1. The molecule has 21 heavy (non-hydrogen) atoms. The van der Waals surface area contributed by atoms with Crippen molar-refractivity contribution >= 4 is 0 Å². The van der Waals surface area contributed by atoms with Crippen LogP contribution in [0.4, 0.5) is 0 Å². The molecule has 3 rings (SSSR count). The molecule has 2 aliphatic rings. The Bertz CT molecular complexity index is 453. The zero-order valence-electron chi connectivity index (χ0n) is 13.8. The molecule has 2 fully saturated rings.